The van der Waals surface area contributed by atoms with Crippen molar-refractivity contribution in [1.29, 1.82) is 5.41 Å². The van der Waals surface area contributed by atoms with E-state index in [-0.39, 0.29) is 55.5 Å². The third-order valence-electron chi connectivity index (χ3n) is 16.5. The van der Waals surface area contributed by atoms with Crippen molar-refractivity contribution in [2.75, 3.05) is 52.3 Å². The number of aliphatic hydroxyl groups excluding tert-OH is 1. The van der Waals surface area contributed by atoms with Crippen LogP contribution in [0.5, 0.6) is 0 Å². The van der Waals surface area contributed by atoms with Gasteiger partial charge in [-0.2, -0.15) is 11.8 Å². The molecule has 7 amide bonds. The second-order valence-electron chi connectivity index (χ2n) is 22.7. The minimum Gasteiger partial charge on any atom is -0.474 e. The molecule has 21 heteroatoms. The van der Waals surface area contributed by atoms with Crippen LogP contribution < -0.4 is 27.0 Å². The fourth-order valence-electron chi connectivity index (χ4n) is 12.4. The first-order valence-electron chi connectivity index (χ1n) is 28.3. The lowest BCUT2D eigenvalue weighted by Gasteiger charge is -2.42. The molecule has 5 aliphatic rings. The van der Waals surface area contributed by atoms with Gasteiger partial charge in [0.15, 0.2) is 12.2 Å². The highest BCUT2D eigenvalue weighted by molar-refractivity contribution is 7.98. The van der Waals surface area contributed by atoms with Gasteiger partial charge >= 0.3 is 0 Å². The molecule has 2 saturated heterocycles. The second kappa shape index (κ2) is 28.2. The summed E-state index contributed by atoms with van der Waals surface area (Å²) >= 11 is 1.50. The van der Waals surface area contributed by atoms with E-state index < -0.39 is 96.5 Å². The fourth-order valence-corrected chi connectivity index (χ4v) is 12.8. The van der Waals surface area contributed by atoms with Crippen LogP contribution in [-0.4, -0.2) is 178 Å². The lowest BCUT2D eigenvalue weighted by molar-refractivity contribution is -0.148. The zero-order valence-electron chi connectivity index (χ0n) is 46.9. The van der Waals surface area contributed by atoms with Gasteiger partial charge in [0.05, 0.1) is 6.61 Å². The molecule has 0 spiro atoms. The van der Waals surface area contributed by atoms with Gasteiger partial charge in [-0.1, -0.05) is 101 Å². The van der Waals surface area contributed by atoms with Crippen LogP contribution in [0.15, 0.2) is 67.1 Å². The fraction of sp³-hybridized carbons (Fsp3) is 0.621. The maximum atomic E-state index is 15.6. The molecule has 8 N–H and O–H groups in total. The number of piperidine rings is 1. The van der Waals surface area contributed by atoms with Gasteiger partial charge in [0.25, 0.3) is 0 Å². The lowest BCUT2D eigenvalue weighted by Crippen LogP contribution is -2.63. The van der Waals surface area contributed by atoms with E-state index in [1.54, 1.807) is 30.1 Å². The summed E-state index contributed by atoms with van der Waals surface area (Å²) in [6.45, 7) is 5.84. The first-order chi connectivity index (χ1) is 37.9. The van der Waals surface area contributed by atoms with Gasteiger partial charge in [-0.3, -0.25) is 39.0 Å². The average molecular weight is 1110 g/mol. The number of amides is 7. The van der Waals surface area contributed by atoms with E-state index in [2.05, 4.69) is 21.3 Å². The Morgan fingerprint density at radius 2 is 1.51 bits per heavy atom. The van der Waals surface area contributed by atoms with Crippen LogP contribution in [0.4, 0.5) is 0 Å². The van der Waals surface area contributed by atoms with Crippen LogP contribution in [0.3, 0.4) is 0 Å². The van der Waals surface area contributed by atoms with Crippen molar-refractivity contribution in [3.63, 3.8) is 0 Å². The number of hydrogen-bond acceptors (Lipinski definition) is 12. The Bertz CT molecular complexity index is 2490. The largest absolute Gasteiger partial charge is 0.474 e. The Hall–Kier alpha value is -6.35. The lowest BCUT2D eigenvalue weighted by atomic mass is 9.84. The molecular weight excluding hydrogens is 1030 g/mol. The SMILES string of the molecule is CSCC[C@H](NC(=O)[C@@H]1Cc2ccccc2CN1C(=O)[C@@H](NC(=O)[C@H](CC1CCCCC1)NC(C)=O)C1CCN(C(=N)N)CC1)C(=O)N1CCC(c2ccccc2)[C@H]1C(=O)N[C@@H](CO)C1OC=CN1[C@@H](CC(C)C)C(=O)N(C)C. The first-order valence-corrected chi connectivity index (χ1v) is 29.7. The van der Waals surface area contributed by atoms with Crippen molar-refractivity contribution in [3.05, 3.63) is 83.7 Å². The van der Waals surface area contributed by atoms with E-state index in [9.17, 15) is 19.5 Å². The van der Waals surface area contributed by atoms with E-state index in [1.165, 1.54) is 39.6 Å². The minimum atomic E-state index is -1.12. The number of likely N-dealkylation sites (tertiary alicyclic amines) is 2. The van der Waals surface area contributed by atoms with Gasteiger partial charge < -0.3 is 61.3 Å². The van der Waals surface area contributed by atoms with Crippen molar-refractivity contribution in [2.24, 2.45) is 23.5 Å². The molecule has 1 saturated carbocycles. The van der Waals surface area contributed by atoms with Crippen LogP contribution in [0.25, 0.3) is 0 Å². The van der Waals surface area contributed by atoms with Crippen LogP contribution in [-0.2, 0) is 51.3 Å². The molecule has 0 aromatic heterocycles. The van der Waals surface area contributed by atoms with Crippen molar-refractivity contribution >= 4 is 59.1 Å². The average Bonchev–Trinajstić information content (AvgIpc) is 4.19. The van der Waals surface area contributed by atoms with E-state index in [0.717, 1.165) is 48.8 Å². The molecule has 20 nitrogen and oxygen atoms in total. The summed E-state index contributed by atoms with van der Waals surface area (Å²) in [5.41, 5.74) is 8.42. The Balaban J connectivity index is 1.17. The molecule has 7 rings (SSSR count). The van der Waals surface area contributed by atoms with E-state index in [0.29, 0.717) is 50.9 Å². The Kier molecular flexibility index (Phi) is 21.5. The number of carbonyl (C=O) groups is 7. The maximum Gasteiger partial charge on any atom is 0.246 e. The number of carbonyl (C=O) groups excluding carboxylic acids is 7. The third kappa shape index (κ3) is 15.1. The molecule has 432 valence electrons. The highest BCUT2D eigenvalue weighted by atomic mass is 32.2. The summed E-state index contributed by atoms with van der Waals surface area (Å²) < 4.78 is 6.02. The molecule has 0 bridgehead atoms. The number of benzene rings is 2. The number of hydrogen-bond donors (Lipinski definition) is 7. The standard InChI is InChI=1S/C58H85N11O9S/c1-36(2)31-48(55(76)65(4)5)67-28-29-78-57(67)46(35-70)63-53(74)50-43(39-17-11-8-12-18-39)23-27-68(50)54(75)44(24-30-79-6)62-52(73)47-33-41-19-13-14-20-42(41)34-69(47)56(77)49(40-21-25-66(26-22-40)58(59)60)64-51(72)45(61-37(3)71)32-38-15-9-7-10-16-38/h8,11-14,17-20,28-29,36,38,40,43-50,57,70H,7,9-10,15-16,21-27,30-35H2,1-6H3,(H3,59,60)(H,61,71)(H,62,73)(H,63,74)(H,64,72)/t43?,44-,45-,46-,47-,48-,49-,50-,57?/m0/s1. The third-order valence-corrected chi connectivity index (χ3v) is 17.2. The number of rotatable bonds is 22. The molecule has 4 heterocycles. The van der Waals surface area contributed by atoms with Crippen LogP contribution >= 0.6 is 11.8 Å². The van der Waals surface area contributed by atoms with E-state index in [1.807, 2.05) is 74.7 Å². The normalized spacial score (nSPS) is 22.4. The number of ether oxygens (including phenoxy) is 1. The van der Waals surface area contributed by atoms with Crippen molar-refractivity contribution in [1.82, 2.24) is 45.8 Å². The minimum absolute atomic E-state index is 0.0463. The molecule has 2 aromatic rings. The summed E-state index contributed by atoms with van der Waals surface area (Å²) in [6.07, 6.45) is 11.6. The predicted molar refractivity (Wildman–Crippen MR) is 302 cm³/mol. The Labute approximate surface area is 470 Å². The number of thioether (sulfide) groups is 1. The summed E-state index contributed by atoms with van der Waals surface area (Å²) in [6, 6.07) is 10.1. The Morgan fingerprint density at radius 3 is 2.14 bits per heavy atom. The molecule has 3 fully saturated rings. The quantitative estimate of drug-likeness (QED) is 0.0661. The molecule has 9 atom stereocenters. The summed E-state index contributed by atoms with van der Waals surface area (Å²) in [5.74, 6) is -3.17. The van der Waals surface area contributed by atoms with Gasteiger partial charge in [-0.15, -0.1) is 0 Å². The number of nitrogens with zero attached hydrogens (tertiary/aromatic N) is 5. The van der Waals surface area contributed by atoms with Crippen LogP contribution in [0.1, 0.15) is 114 Å². The molecule has 1 aliphatic carbocycles. The van der Waals surface area contributed by atoms with Gasteiger partial charge in [0.2, 0.25) is 41.4 Å². The van der Waals surface area contributed by atoms with Crippen molar-refractivity contribution in [3.8, 4) is 0 Å². The molecule has 4 aliphatic heterocycles. The second-order valence-corrected chi connectivity index (χ2v) is 23.7. The maximum absolute atomic E-state index is 15.6. The predicted octanol–water partition coefficient (Wildman–Crippen LogP) is 3.24. The zero-order chi connectivity index (χ0) is 56.9. The summed E-state index contributed by atoms with van der Waals surface area (Å²) in [4.78, 5) is 110. The van der Waals surface area contributed by atoms with Gasteiger partial charge in [0, 0.05) is 65.7 Å². The molecule has 79 heavy (non-hydrogen) atoms. The van der Waals surface area contributed by atoms with Gasteiger partial charge in [-0.05, 0) is 85.0 Å². The zero-order valence-corrected chi connectivity index (χ0v) is 47.8. The van der Waals surface area contributed by atoms with E-state index >= 15 is 19.2 Å². The highest BCUT2D eigenvalue weighted by Crippen LogP contribution is 2.36. The molecule has 0 radical (unpaired) electrons. The molecule has 2 aromatic carbocycles. The first kappa shape index (κ1) is 60.3. The van der Waals surface area contributed by atoms with Crippen LogP contribution in [0, 0.1) is 23.2 Å². The number of likely N-dealkylation sites (N-methyl/N-ethyl adjacent to an activating group) is 1. The smallest absolute Gasteiger partial charge is 0.246 e. The number of nitrogens with one attached hydrogen (secondary N) is 5. The topological polar surface area (TPSA) is 263 Å². The number of aliphatic hydroxyl groups is 1. The van der Waals surface area contributed by atoms with Gasteiger partial charge in [0.1, 0.15) is 48.6 Å². The Morgan fingerprint density at radius 1 is 0.823 bits per heavy atom. The summed E-state index contributed by atoms with van der Waals surface area (Å²) in [5, 5.41) is 31.1. The number of guanidine groups is 1. The number of nitrogens with two attached hydrogens (primary N) is 1. The summed E-state index contributed by atoms with van der Waals surface area (Å²) in [7, 11) is 3.35. The monoisotopic (exact) mass is 1110 g/mol. The highest BCUT2D eigenvalue weighted by Gasteiger charge is 2.48. The van der Waals surface area contributed by atoms with Gasteiger partial charge in [-0.25, -0.2) is 0 Å². The van der Waals surface area contributed by atoms with E-state index in [4.69, 9.17) is 15.9 Å². The number of fused-ring (bicyclic) bond motifs is 1. The molecular formula is C58H85N11O9S. The van der Waals surface area contributed by atoms with Crippen molar-refractivity contribution < 1.29 is 43.4 Å². The van der Waals surface area contributed by atoms with Crippen LogP contribution in [0.2, 0.25) is 0 Å². The molecule has 2 unspecified atom stereocenters. The van der Waals surface area contributed by atoms with Crippen molar-refractivity contribution in [2.45, 2.75) is 159 Å².